The number of nitrogens with zero attached hydrogens (tertiary/aromatic N) is 2. The summed E-state index contributed by atoms with van der Waals surface area (Å²) in [4.78, 5) is 20.9. The van der Waals surface area contributed by atoms with Gasteiger partial charge in [-0.05, 0) is 31.2 Å². The molecule has 7 heteroatoms. The lowest BCUT2D eigenvalue weighted by Crippen LogP contribution is -2.28. The second kappa shape index (κ2) is 9.48. The van der Waals surface area contributed by atoms with Gasteiger partial charge in [-0.25, -0.2) is 9.97 Å². The van der Waals surface area contributed by atoms with Crippen molar-refractivity contribution in [2.75, 3.05) is 25.6 Å². The zero-order valence-corrected chi connectivity index (χ0v) is 15.8. The minimum Gasteiger partial charge on any atom is -0.455 e. The number of carbonyl (C=O) groups excluding carboxylic acids is 1. The zero-order chi connectivity index (χ0) is 19.8. The summed E-state index contributed by atoms with van der Waals surface area (Å²) < 4.78 is 10.9. The summed E-state index contributed by atoms with van der Waals surface area (Å²) in [5, 5.41) is 5.97. The highest BCUT2D eigenvalue weighted by Crippen LogP contribution is 2.31. The van der Waals surface area contributed by atoms with E-state index in [9.17, 15) is 4.79 Å². The third kappa shape index (κ3) is 5.28. The van der Waals surface area contributed by atoms with Gasteiger partial charge in [-0.3, -0.25) is 4.79 Å². The third-order valence-electron chi connectivity index (χ3n) is 3.78. The van der Waals surface area contributed by atoms with Crippen molar-refractivity contribution in [2.45, 2.75) is 6.92 Å². The minimum atomic E-state index is -0.278. The predicted octanol–water partition coefficient (Wildman–Crippen LogP) is 3.70. The van der Waals surface area contributed by atoms with Crippen LogP contribution in [0.5, 0.6) is 11.5 Å². The fourth-order valence-electron chi connectivity index (χ4n) is 2.52. The van der Waals surface area contributed by atoms with E-state index in [1.54, 1.807) is 20.1 Å². The van der Waals surface area contributed by atoms with Crippen LogP contribution in [0.3, 0.4) is 0 Å². The summed E-state index contributed by atoms with van der Waals surface area (Å²) in [6, 6.07) is 18.7. The molecule has 144 valence electrons. The molecule has 2 aromatic carbocycles. The summed E-state index contributed by atoms with van der Waals surface area (Å²) in [5.41, 5.74) is 1.02. The Hall–Kier alpha value is -3.45. The molecule has 28 heavy (non-hydrogen) atoms. The molecule has 0 saturated heterocycles. The Labute approximate surface area is 163 Å². The van der Waals surface area contributed by atoms with Crippen LogP contribution in [-0.4, -0.2) is 36.1 Å². The first-order valence-electron chi connectivity index (χ1n) is 8.87. The summed E-state index contributed by atoms with van der Waals surface area (Å²) in [7, 11) is 1.58. The molecular formula is C21H22N4O3. The fourth-order valence-corrected chi connectivity index (χ4v) is 2.52. The van der Waals surface area contributed by atoms with Crippen molar-refractivity contribution >= 4 is 17.4 Å². The number of amides is 1. The van der Waals surface area contributed by atoms with Crippen LogP contribution in [0.25, 0.3) is 0 Å². The van der Waals surface area contributed by atoms with Gasteiger partial charge in [0.25, 0.3) is 5.91 Å². The molecule has 0 radical (unpaired) electrons. The van der Waals surface area contributed by atoms with Gasteiger partial charge in [0.05, 0.1) is 12.3 Å². The lowest BCUT2D eigenvalue weighted by Gasteiger charge is -2.13. The maximum atomic E-state index is 12.3. The van der Waals surface area contributed by atoms with Gasteiger partial charge in [0.15, 0.2) is 5.75 Å². The molecule has 0 aliphatic heterocycles. The number of carbonyl (C=O) groups is 1. The minimum absolute atomic E-state index is 0.278. The second-order valence-corrected chi connectivity index (χ2v) is 5.97. The SMILES string of the molecule is COCCNC(=O)c1cc(Nc2ccccc2Oc2ccccc2)nc(C)n1. The number of benzene rings is 2. The highest BCUT2D eigenvalue weighted by molar-refractivity contribution is 5.93. The Kier molecular flexibility index (Phi) is 6.54. The Morgan fingerprint density at radius 3 is 2.57 bits per heavy atom. The molecule has 0 fully saturated rings. The molecule has 1 heterocycles. The number of hydrogen-bond donors (Lipinski definition) is 2. The van der Waals surface area contributed by atoms with Gasteiger partial charge in [0.1, 0.15) is 23.1 Å². The molecule has 0 bridgehead atoms. The van der Waals surface area contributed by atoms with Crippen molar-refractivity contribution in [3.8, 4) is 11.5 Å². The molecule has 1 aromatic heterocycles. The number of hydrogen-bond acceptors (Lipinski definition) is 6. The van der Waals surface area contributed by atoms with Crippen LogP contribution in [0.4, 0.5) is 11.5 Å². The molecule has 7 nitrogen and oxygen atoms in total. The summed E-state index contributed by atoms with van der Waals surface area (Å²) in [6.07, 6.45) is 0. The summed E-state index contributed by atoms with van der Waals surface area (Å²) >= 11 is 0. The smallest absolute Gasteiger partial charge is 0.270 e. The van der Waals surface area contributed by atoms with E-state index in [0.717, 1.165) is 11.4 Å². The molecule has 0 aliphatic rings. The lowest BCUT2D eigenvalue weighted by atomic mass is 10.2. The van der Waals surface area contributed by atoms with Crippen LogP contribution in [0.1, 0.15) is 16.3 Å². The van der Waals surface area contributed by atoms with Crippen LogP contribution in [-0.2, 0) is 4.74 Å². The molecular weight excluding hydrogens is 356 g/mol. The average molecular weight is 378 g/mol. The Morgan fingerprint density at radius 2 is 1.79 bits per heavy atom. The Morgan fingerprint density at radius 1 is 1.04 bits per heavy atom. The van der Waals surface area contributed by atoms with Crippen molar-refractivity contribution < 1.29 is 14.3 Å². The number of rotatable bonds is 8. The van der Waals surface area contributed by atoms with E-state index < -0.39 is 0 Å². The van der Waals surface area contributed by atoms with Crippen molar-refractivity contribution in [3.63, 3.8) is 0 Å². The largest absolute Gasteiger partial charge is 0.455 e. The standard InChI is InChI=1S/C21H22N4O3/c1-15-23-18(21(26)22-12-13-27-2)14-20(24-15)25-17-10-6-7-11-19(17)28-16-8-4-3-5-9-16/h3-11,14H,12-13H2,1-2H3,(H,22,26)(H,23,24,25). The zero-order valence-electron chi connectivity index (χ0n) is 15.8. The van der Waals surface area contributed by atoms with Gasteiger partial charge in [0, 0.05) is 19.7 Å². The van der Waals surface area contributed by atoms with Gasteiger partial charge < -0.3 is 20.1 Å². The number of para-hydroxylation sites is 3. The fraction of sp³-hybridized carbons (Fsp3) is 0.190. The van der Waals surface area contributed by atoms with Crippen molar-refractivity contribution in [1.29, 1.82) is 0 Å². The van der Waals surface area contributed by atoms with Crippen molar-refractivity contribution in [2.24, 2.45) is 0 Å². The molecule has 1 amide bonds. The van der Waals surface area contributed by atoms with Crippen LogP contribution >= 0.6 is 0 Å². The van der Waals surface area contributed by atoms with E-state index in [4.69, 9.17) is 9.47 Å². The normalized spacial score (nSPS) is 10.4. The van der Waals surface area contributed by atoms with Gasteiger partial charge in [-0.15, -0.1) is 0 Å². The molecule has 0 spiro atoms. The monoisotopic (exact) mass is 378 g/mol. The number of ether oxygens (including phenoxy) is 2. The van der Waals surface area contributed by atoms with E-state index >= 15 is 0 Å². The molecule has 3 aromatic rings. The van der Waals surface area contributed by atoms with Gasteiger partial charge in [0.2, 0.25) is 0 Å². The van der Waals surface area contributed by atoms with E-state index in [1.165, 1.54) is 0 Å². The first-order chi connectivity index (χ1) is 13.7. The first kappa shape index (κ1) is 19.3. The maximum Gasteiger partial charge on any atom is 0.270 e. The van der Waals surface area contributed by atoms with Gasteiger partial charge in [-0.1, -0.05) is 30.3 Å². The van der Waals surface area contributed by atoms with Gasteiger partial charge in [-0.2, -0.15) is 0 Å². The second-order valence-electron chi connectivity index (χ2n) is 5.97. The molecule has 0 saturated carbocycles. The Bertz CT molecular complexity index is 932. The Balaban J connectivity index is 1.79. The molecule has 0 aliphatic carbocycles. The number of nitrogens with one attached hydrogen (secondary N) is 2. The van der Waals surface area contributed by atoms with Crippen LogP contribution < -0.4 is 15.4 Å². The van der Waals surface area contributed by atoms with E-state index in [1.807, 2.05) is 54.6 Å². The topological polar surface area (TPSA) is 85.4 Å². The summed E-state index contributed by atoms with van der Waals surface area (Å²) in [5.74, 6) is 2.10. The van der Waals surface area contributed by atoms with E-state index in [-0.39, 0.29) is 11.6 Å². The maximum absolute atomic E-state index is 12.3. The number of anilines is 2. The first-order valence-corrected chi connectivity index (χ1v) is 8.87. The van der Waals surface area contributed by atoms with Crippen LogP contribution in [0.15, 0.2) is 60.7 Å². The van der Waals surface area contributed by atoms with Crippen molar-refractivity contribution in [1.82, 2.24) is 15.3 Å². The van der Waals surface area contributed by atoms with E-state index in [2.05, 4.69) is 20.6 Å². The van der Waals surface area contributed by atoms with Crippen LogP contribution in [0, 0.1) is 6.92 Å². The van der Waals surface area contributed by atoms with Gasteiger partial charge >= 0.3 is 0 Å². The average Bonchev–Trinajstić information content (AvgIpc) is 2.70. The van der Waals surface area contributed by atoms with Crippen LogP contribution in [0.2, 0.25) is 0 Å². The molecule has 0 unspecified atom stereocenters. The quantitative estimate of drug-likeness (QED) is 0.582. The molecule has 3 rings (SSSR count). The number of aryl methyl sites for hydroxylation is 1. The summed E-state index contributed by atoms with van der Waals surface area (Å²) in [6.45, 7) is 2.59. The van der Waals surface area contributed by atoms with Crippen molar-refractivity contribution in [3.05, 3.63) is 72.2 Å². The van der Waals surface area contributed by atoms with E-state index in [0.29, 0.717) is 30.5 Å². The molecule has 0 atom stereocenters. The lowest BCUT2D eigenvalue weighted by molar-refractivity contribution is 0.0931. The highest BCUT2D eigenvalue weighted by atomic mass is 16.5. The number of aromatic nitrogens is 2. The molecule has 2 N–H and O–H groups in total. The third-order valence-corrected chi connectivity index (χ3v) is 3.78. The highest BCUT2D eigenvalue weighted by Gasteiger charge is 2.12. The number of methoxy groups -OCH3 is 1. The predicted molar refractivity (Wildman–Crippen MR) is 107 cm³/mol.